The SMILES string of the molecule is CC[C@@H](C)NC(=O)[C@H](C)N(Cc1ccccc1)C(=O)COc1ccc(C(C)C)cc1Br. The van der Waals surface area contributed by atoms with E-state index in [1.165, 1.54) is 5.56 Å². The van der Waals surface area contributed by atoms with Crippen molar-refractivity contribution in [3.63, 3.8) is 0 Å². The first kappa shape index (κ1) is 24.9. The first-order valence-corrected chi connectivity index (χ1v) is 11.6. The Morgan fingerprint density at radius 1 is 1.06 bits per heavy atom. The first-order chi connectivity index (χ1) is 14.7. The number of nitrogens with one attached hydrogen (secondary N) is 1. The van der Waals surface area contributed by atoms with E-state index in [4.69, 9.17) is 4.74 Å². The maximum atomic E-state index is 13.1. The monoisotopic (exact) mass is 488 g/mol. The molecule has 0 saturated carbocycles. The minimum absolute atomic E-state index is 0.0512. The van der Waals surface area contributed by atoms with Crippen molar-refractivity contribution in [2.24, 2.45) is 0 Å². The molecule has 2 aromatic rings. The van der Waals surface area contributed by atoms with Gasteiger partial charge < -0.3 is 15.0 Å². The van der Waals surface area contributed by atoms with Crippen LogP contribution in [-0.4, -0.2) is 35.4 Å². The van der Waals surface area contributed by atoms with Gasteiger partial charge in [-0.25, -0.2) is 0 Å². The Balaban J connectivity index is 2.14. The lowest BCUT2D eigenvalue weighted by atomic mass is 10.0. The van der Waals surface area contributed by atoms with Gasteiger partial charge in [0.1, 0.15) is 11.8 Å². The number of amides is 2. The number of halogens is 1. The van der Waals surface area contributed by atoms with Crippen molar-refractivity contribution in [3.8, 4) is 5.75 Å². The second kappa shape index (κ2) is 11.9. The third kappa shape index (κ3) is 7.39. The lowest BCUT2D eigenvalue weighted by molar-refractivity contribution is -0.142. The number of nitrogens with zero attached hydrogens (tertiary/aromatic N) is 1. The maximum absolute atomic E-state index is 13.1. The van der Waals surface area contributed by atoms with Crippen LogP contribution in [0, 0.1) is 0 Å². The highest BCUT2D eigenvalue weighted by atomic mass is 79.9. The van der Waals surface area contributed by atoms with Crippen molar-refractivity contribution < 1.29 is 14.3 Å². The molecule has 6 heteroatoms. The molecule has 0 aliphatic carbocycles. The van der Waals surface area contributed by atoms with Crippen molar-refractivity contribution in [1.29, 1.82) is 0 Å². The number of carbonyl (C=O) groups excluding carboxylic acids is 2. The molecule has 0 aliphatic rings. The van der Waals surface area contributed by atoms with Crippen LogP contribution in [0.5, 0.6) is 5.75 Å². The summed E-state index contributed by atoms with van der Waals surface area (Å²) in [6, 6.07) is 15.0. The average molecular weight is 489 g/mol. The average Bonchev–Trinajstić information content (AvgIpc) is 2.76. The summed E-state index contributed by atoms with van der Waals surface area (Å²) < 4.78 is 6.62. The van der Waals surface area contributed by atoms with Gasteiger partial charge in [0.2, 0.25) is 5.91 Å². The number of hydrogen-bond donors (Lipinski definition) is 1. The fourth-order valence-electron chi connectivity index (χ4n) is 3.04. The zero-order valence-electron chi connectivity index (χ0n) is 19.0. The molecule has 2 rings (SSSR count). The molecule has 5 nitrogen and oxygen atoms in total. The third-order valence-electron chi connectivity index (χ3n) is 5.34. The van der Waals surface area contributed by atoms with Crippen LogP contribution in [-0.2, 0) is 16.1 Å². The number of carbonyl (C=O) groups is 2. The van der Waals surface area contributed by atoms with Crippen LogP contribution in [0.25, 0.3) is 0 Å². The van der Waals surface area contributed by atoms with Crippen LogP contribution in [0.2, 0.25) is 0 Å². The third-order valence-corrected chi connectivity index (χ3v) is 5.96. The standard InChI is InChI=1S/C25H33BrN2O3/c1-6-18(4)27-25(30)19(5)28(15-20-10-8-7-9-11-20)24(29)16-31-23-13-12-21(17(2)3)14-22(23)26/h7-14,17-19H,6,15-16H2,1-5H3,(H,27,30)/t18-,19+/m1/s1. The van der Waals surface area contributed by atoms with Crippen molar-refractivity contribution in [2.75, 3.05) is 6.61 Å². The minimum atomic E-state index is -0.614. The molecule has 31 heavy (non-hydrogen) atoms. The Hall–Kier alpha value is -2.34. The molecule has 2 aromatic carbocycles. The Bertz CT molecular complexity index is 870. The Kier molecular flexibility index (Phi) is 9.56. The highest BCUT2D eigenvalue weighted by molar-refractivity contribution is 9.10. The van der Waals surface area contributed by atoms with Gasteiger partial charge >= 0.3 is 0 Å². The molecule has 168 valence electrons. The van der Waals surface area contributed by atoms with Gasteiger partial charge in [-0.05, 0) is 65.4 Å². The van der Waals surface area contributed by atoms with Gasteiger partial charge in [0.25, 0.3) is 5.91 Å². The fraction of sp³-hybridized carbons (Fsp3) is 0.440. The van der Waals surface area contributed by atoms with E-state index in [1.54, 1.807) is 11.8 Å². The molecule has 2 atom stereocenters. The lowest BCUT2D eigenvalue weighted by Gasteiger charge is -2.29. The van der Waals surface area contributed by atoms with Crippen LogP contribution in [0.3, 0.4) is 0 Å². The molecular formula is C25H33BrN2O3. The highest BCUT2D eigenvalue weighted by Crippen LogP contribution is 2.29. The molecule has 0 aromatic heterocycles. The first-order valence-electron chi connectivity index (χ1n) is 10.8. The molecule has 1 N–H and O–H groups in total. The summed E-state index contributed by atoms with van der Waals surface area (Å²) in [5, 5.41) is 2.97. The van der Waals surface area contributed by atoms with E-state index in [9.17, 15) is 9.59 Å². The molecule has 0 unspecified atom stereocenters. The predicted octanol–water partition coefficient (Wildman–Crippen LogP) is 5.28. The molecule has 2 amide bonds. The number of ether oxygens (including phenoxy) is 1. The van der Waals surface area contributed by atoms with Gasteiger partial charge in [-0.2, -0.15) is 0 Å². The van der Waals surface area contributed by atoms with E-state index in [0.717, 1.165) is 16.5 Å². The van der Waals surface area contributed by atoms with Crippen molar-refractivity contribution in [2.45, 2.75) is 65.6 Å². The number of benzene rings is 2. The van der Waals surface area contributed by atoms with Gasteiger partial charge in [0.15, 0.2) is 6.61 Å². The molecule has 0 saturated heterocycles. The highest BCUT2D eigenvalue weighted by Gasteiger charge is 2.27. The van der Waals surface area contributed by atoms with Crippen molar-refractivity contribution in [1.82, 2.24) is 10.2 Å². The van der Waals surface area contributed by atoms with E-state index in [2.05, 4.69) is 35.1 Å². The smallest absolute Gasteiger partial charge is 0.261 e. The van der Waals surface area contributed by atoms with E-state index in [0.29, 0.717) is 18.2 Å². The van der Waals surface area contributed by atoms with Gasteiger partial charge in [-0.15, -0.1) is 0 Å². The molecule has 0 spiro atoms. The summed E-state index contributed by atoms with van der Waals surface area (Å²) in [4.78, 5) is 27.4. The van der Waals surface area contributed by atoms with Gasteiger partial charge in [0, 0.05) is 12.6 Å². The van der Waals surface area contributed by atoms with Crippen LogP contribution >= 0.6 is 15.9 Å². The van der Waals surface area contributed by atoms with Crippen LogP contribution < -0.4 is 10.1 Å². The topological polar surface area (TPSA) is 58.6 Å². The van der Waals surface area contributed by atoms with E-state index in [-0.39, 0.29) is 24.5 Å². The zero-order valence-corrected chi connectivity index (χ0v) is 20.6. The normalized spacial score (nSPS) is 12.9. The summed E-state index contributed by atoms with van der Waals surface area (Å²) in [6.45, 7) is 10.2. The number of rotatable bonds is 10. The Labute approximate surface area is 194 Å². The van der Waals surface area contributed by atoms with Gasteiger partial charge in [-0.3, -0.25) is 9.59 Å². The minimum Gasteiger partial charge on any atom is -0.483 e. The van der Waals surface area contributed by atoms with E-state index < -0.39 is 6.04 Å². The summed E-state index contributed by atoms with van der Waals surface area (Å²) in [5.41, 5.74) is 2.15. The second-order valence-corrected chi connectivity index (χ2v) is 8.99. The largest absolute Gasteiger partial charge is 0.483 e. The fourth-order valence-corrected chi connectivity index (χ4v) is 3.55. The Morgan fingerprint density at radius 2 is 1.74 bits per heavy atom. The predicted molar refractivity (Wildman–Crippen MR) is 128 cm³/mol. The molecule has 0 aliphatic heterocycles. The van der Waals surface area contributed by atoms with E-state index >= 15 is 0 Å². The number of hydrogen-bond acceptors (Lipinski definition) is 3. The van der Waals surface area contributed by atoms with Crippen molar-refractivity contribution >= 4 is 27.7 Å². The van der Waals surface area contributed by atoms with Crippen LogP contribution in [0.4, 0.5) is 0 Å². The summed E-state index contributed by atoms with van der Waals surface area (Å²) in [6.07, 6.45) is 0.828. The summed E-state index contributed by atoms with van der Waals surface area (Å²) >= 11 is 3.53. The summed E-state index contributed by atoms with van der Waals surface area (Å²) in [7, 11) is 0. The van der Waals surface area contributed by atoms with Gasteiger partial charge in [0.05, 0.1) is 4.47 Å². The summed E-state index contributed by atoms with van der Waals surface area (Å²) in [5.74, 6) is 0.601. The van der Waals surface area contributed by atoms with Crippen LogP contribution in [0.15, 0.2) is 53.0 Å². The van der Waals surface area contributed by atoms with Crippen molar-refractivity contribution in [3.05, 3.63) is 64.1 Å². The lowest BCUT2D eigenvalue weighted by Crippen LogP contribution is -2.50. The molecule has 0 heterocycles. The molecule has 0 bridgehead atoms. The Morgan fingerprint density at radius 3 is 2.32 bits per heavy atom. The quantitative estimate of drug-likeness (QED) is 0.494. The van der Waals surface area contributed by atoms with E-state index in [1.807, 2.05) is 62.4 Å². The van der Waals surface area contributed by atoms with Crippen LogP contribution in [0.1, 0.15) is 58.1 Å². The molecule has 0 fully saturated rings. The zero-order chi connectivity index (χ0) is 23.0. The van der Waals surface area contributed by atoms with Gasteiger partial charge in [-0.1, -0.05) is 57.2 Å². The second-order valence-electron chi connectivity index (χ2n) is 8.13. The molecule has 0 radical (unpaired) electrons. The molecular weight excluding hydrogens is 456 g/mol. The maximum Gasteiger partial charge on any atom is 0.261 e.